The van der Waals surface area contributed by atoms with Crippen molar-refractivity contribution in [2.45, 2.75) is 27.2 Å². The fraction of sp³-hybridized carbons (Fsp3) is 0.222. The van der Waals surface area contributed by atoms with E-state index in [1.54, 1.807) is 25.1 Å². The van der Waals surface area contributed by atoms with E-state index in [1.165, 1.54) is 12.1 Å². The maximum absolute atomic E-state index is 13.1. The summed E-state index contributed by atoms with van der Waals surface area (Å²) in [6, 6.07) is 10.2. The molecule has 0 fully saturated rings. The van der Waals surface area contributed by atoms with Gasteiger partial charge < -0.3 is 14.5 Å². The zero-order chi connectivity index (χ0) is 16.8. The van der Waals surface area contributed by atoms with E-state index in [9.17, 15) is 9.18 Å². The fourth-order valence-electron chi connectivity index (χ4n) is 2.13. The third-order valence-electron chi connectivity index (χ3n) is 3.20. The molecule has 3 rings (SSSR count). The smallest absolute Gasteiger partial charge is 0.300 e. The van der Waals surface area contributed by atoms with Gasteiger partial charge in [0.1, 0.15) is 17.6 Å². The molecule has 0 saturated heterocycles. The van der Waals surface area contributed by atoms with Crippen LogP contribution in [0.1, 0.15) is 25.0 Å². The van der Waals surface area contributed by atoms with E-state index in [0.717, 1.165) is 23.1 Å². The number of carbonyl (C=O) groups is 1. The SMILES string of the molecule is CC.Cc1cc(F)ccc1Nc1nc2ccc(CC=O)cc2o1. The Bertz CT molecular complexity index is 812. The van der Waals surface area contributed by atoms with Gasteiger partial charge in [-0.3, -0.25) is 0 Å². The Morgan fingerprint density at radius 2 is 2.00 bits per heavy atom. The van der Waals surface area contributed by atoms with Crippen molar-refractivity contribution in [3.8, 4) is 0 Å². The highest BCUT2D eigenvalue weighted by Crippen LogP contribution is 2.25. The summed E-state index contributed by atoms with van der Waals surface area (Å²) in [4.78, 5) is 14.8. The number of fused-ring (bicyclic) bond motifs is 1. The van der Waals surface area contributed by atoms with Gasteiger partial charge in [0.05, 0.1) is 0 Å². The van der Waals surface area contributed by atoms with E-state index >= 15 is 0 Å². The summed E-state index contributed by atoms with van der Waals surface area (Å²) in [5.41, 5.74) is 3.68. The van der Waals surface area contributed by atoms with Crippen molar-refractivity contribution in [2.24, 2.45) is 0 Å². The zero-order valence-corrected chi connectivity index (χ0v) is 13.4. The monoisotopic (exact) mass is 314 g/mol. The average molecular weight is 314 g/mol. The second kappa shape index (κ2) is 7.54. The quantitative estimate of drug-likeness (QED) is 0.704. The molecule has 1 heterocycles. The maximum Gasteiger partial charge on any atom is 0.300 e. The summed E-state index contributed by atoms with van der Waals surface area (Å²) in [5, 5.41) is 3.03. The highest BCUT2D eigenvalue weighted by atomic mass is 19.1. The van der Waals surface area contributed by atoms with Crippen LogP contribution in [0.4, 0.5) is 16.1 Å². The first-order valence-electron chi connectivity index (χ1n) is 7.52. The summed E-state index contributed by atoms with van der Waals surface area (Å²) in [5.74, 6) is -0.283. The molecular weight excluding hydrogens is 295 g/mol. The van der Waals surface area contributed by atoms with Crippen molar-refractivity contribution in [1.29, 1.82) is 0 Å². The number of hydrogen-bond acceptors (Lipinski definition) is 4. The van der Waals surface area contributed by atoms with Crippen molar-refractivity contribution in [3.05, 3.63) is 53.3 Å². The number of carbonyl (C=O) groups excluding carboxylic acids is 1. The number of aromatic nitrogens is 1. The number of oxazole rings is 1. The number of benzene rings is 2. The van der Waals surface area contributed by atoms with E-state index < -0.39 is 0 Å². The van der Waals surface area contributed by atoms with Crippen LogP contribution in [0.3, 0.4) is 0 Å². The first kappa shape index (κ1) is 16.7. The molecule has 3 aromatic rings. The van der Waals surface area contributed by atoms with Crippen LogP contribution in [0, 0.1) is 12.7 Å². The molecule has 120 valence electrons. The molecule has 0 bridgehead atoms. The number of nitrogens with zero attached hydrogens (tertiary/aromatic N) is 1. The lowest BCUT2D eigenvalue weighted by Crippen LogP contribution is -1.93. The Labute approximate surface area is 134 Å². The summed E-state index contributed by atoms with van der Waals surface area (Å²) < 4.78 is 18.7. The first-order valence-corrected chi connectivity index (χ1v) is 7.52. The third kappa shape index (κ3) is 3.94. The van der Waals surface area contributed by atoms with Gasteiger partial charge >= 0.3 is 0 Å². The number of aryl methyl sites for hydroxylation is 1. The molecule has 1 aromatic heterocycles. The molecule has 2 aromatic carbocycles. The number of rotatable bonds is 4. The minimum absolute atomic E-state index is 0.283. The number of halogens is 1. The van der Waals surface area contributed by atoms with Gasteiger partial charge in [-0.05, 0) is 48.4 Å². The highest BCUT2D eigenvalue weighted by molar-refractivity contribution is 5.77. The van der Waals surface area contributed by atoms with Gasteiger partial charge in [0.15, 0.2) is 5.58 Å². The Kier molecular flexibility index (Phi) is 5.46. The van der Waals surface area contributed by atoms with Gasteiger partial charge in [-0.1, -0.05) is 19.9 Å². The summed E-state index contributed by atoms with van der Waals surface area (Å²) in [6.45, 7) is 5.80. The molecular formula is C18H19FN2O2. The van der Waals surface area contributed by atoms with E-state index in [2.05, 4.69) is 10.3 Å². The third-order valence-corrected chi connectivity index (χ3v) is 3.20. The van der Waals surface area contributed by atoms with Crippen LogP contribution in [0.2, 0.25) is 0 Å². The second-order valence-electron chi connectivity index (χ2n) is 4.78. The topological polar surface area (TPSA) is 55.1 Å². The van der Waals surface area contributed by atoms with E-state index in [4.69, 9.17) is 4.42 Å². The fourth-order valence-corrected chi connectivity index (χ4v) is 2.13. The van der Waals surface area contributed by atoms with Crippen LogP contribution in [0.15, 0.2) is 40.8 Å². The molecule has 0 aliphatic heterocycles. The van der Waals surface area contributed by atoms with Gasteiger partial charge in [0.25, 0.3) is 6.01 Å². The number of nitrogens with one attached hydrogen (secondary N) is 1. The summed E-state index contributed by atoms with van der Waals surface area (Å²) in [7, 11) is 0. The molecule has 0 spiro atoms. The van der Waals surface area contributed by atoms with Gasteiger partial charge in [-0.15, -0.1) is 0 Å². The van der Waals surface area contributed by atoms with Crippen LogP contribution in [0.25, 0.3) is 11.1 Å². The van der Waals surface area contributed by atoms with Crippen molar-refractivity contribution >= 4 is 29.1 Å². The summed E-state index contributed by atoms with van der Waals surface area (Å²) in [6.07, 6.45) is 1.19. The lowest BCUT2D eigenvalue weighted by molar-refractivity contribution is -0.107. The minimum atomic E-state index is -0.283. The second-order valence-corrected chi connectivity index (χ2v) is 4.78. The lowest BCUT2D eigenvalue weighted by atomic mass is 10.1. The van der Waals surface area contributed by atoms with E-state index in [1.807, 2.05) is 19.9 Å². The van der Waals surface area contributed by atoms with Crippen LogP contribution in [0.5, 0.6) is 0 Å². The maximum atomic E-state index is 13.1. The van der Waals surface area contributed by atoms with Crippen LogP contribution >= 0.6 is 0 Å². The molecule has 0 radical (unpaired) electrons. The summed E-state index contributed by atoms with van der Waals surface area (Å²) >= 11 is 0. The number of anilines is 2. The molecule has 0 unspecified atom stereocenters. The average Bonchev–Trinajstić information content (AvgIpc) is 2.94. The molecule has 0 atom stereocenters. The molecule has 5 heteroatoms. The number of hydrogen-bond donors (Lipinski definition) is 1. The lowest BCUT2D eigenvalue weighted by Gasteiger charge is -2.05. The molecule has 23 heavy (non-hydrogen) atoms. The molecule has 0 aliphatic rings. The largest absolute Gasteiger partial charge is 0.423 e. The normalized spacial score (nSPS) is 10.1. The van der Waals surface area contributed by atoms with Crippen molar-refractivity contribution < 1.29 is 13.6 Å². The molecule has 1 N–H and O–H groups in total. The van der Waals surface area contributed by atoms with Crippen molar-refractivity contribution in [3.63, 3.8) is 0 Å². The molecule has 4 nitrogen and oxygen atoms in total. The molecule has 0 amide bonds. The van der Waals surface area contributed by atoms with Gasteiger partial charge in [-0.2, -0.15) is 4.98 Å². The highest BCUT2D eigenvalue weighted by Gasteiger charge is 2.08. The standard InChI is InChI=1S/C16H13FN2O2.C2H6/c1-10-8-12(17)3-5-13(10)18-16-19-14-4-2-11(6-7-20)9-15(14)21-16;1-2/h2-5,7-9H,6H2,1H3,(H,18,19);1-2H3. The predicted molar refractivity (Wildman–Crippen MR) is 89.5 cm³/mol. The van der Waals surface area contributed by atoms with Crippen LogP contribution < -0.4 is 5.32 Å². The Balaban J connectivity index is 0.000000924. The van der Waals surface area contributed by atoms with Crippen LogP contribution in [-0.2, 0) is 11.2 Å². The van der Waals surface area contributed by atoms with E-state index in [0.29, 0.717) is 23.5 Å². The Morgan fingerprint density at radius 3 is 2.70 bits per heavy atom. The van der Waals surface area contributed by atoms with Gasteiger partial charge in [0, 0.05) is 12.1 Å². The number of aldehydes is 1. The minimum Gasteiger partial charge on any atom is -0.423 e. The molecule has 0 saturated carbocycles. The van der Waals surface area contributed by atoms with Crippen LogP contribution in [-0.4, -0.2) is 11.3 Å². The van der Waals surface area contributed by atoms with Crippen molar-refractivity contribution in [2.75, 3.05) is 5.32 Å². The van der Waals surface area contributed by atoms with Crippen molar-refractivity contribution in [1.82, 2.24) is 4.98 Å². The first-order chi connectivity index (χ1) is 11.2. The Morgan fingerprint density at radius 1 is 1.22 bits per heavy atom. The molecule has 0 aliphatic carbocycles. The van der Waals surface area contributed by atoms with Gasteiger partial charge in [-0.25, -0.2) is 4.39 Å². The Hall–Kier alpha value is -2.69. The van der Waals surface area contributed by atoms with E-state index in [-0.39, 0.29) is 5.82 Å². The van der Waals surface area contributed by atoms with Gasteiger partial charge in [0.2, 0.25) is 0 Å². The zero-order valence-electron chi connectivity index (χ0n) is 13.4. The predicted octanol–water partition coefficient (Wildman–Crippen LogP) is 4.79.